The fourth-order valence-electron chi connectivity index (χ4n) is 1.24. The molecule has 0 aliphatic rings. The van der Waals surface area contributed by atoms with Crippen LogP contribution in [0, 0.1) is 5.82 Å². The second-order valence-corrected chi connectivity index (χ2v) is 5.76. The summed E-state index contributed by atoms with van der Waals surface area (Å²) in [7, 11) is -4.88. The molecule has 0 radical (unpaired) electrons. The molecule has 0 aliphatic carbocycles. The Morgan fingerprint density at radius 3 is 2.14 bits per heavy atom. The van der Waals surface area contributed by atoms with Gasteiger partial charge in [0.15, 0.2) is 0 Å². The molecule has 1 aromatic rings. The Morgan fingerprint density at radius 2 is 1.68 bits per heavy atom. The summed E-state index contributed by atoms with van der Waals surface area (Å²) in [6.45, 7) is -2.64. The number of rotatable bonds is 5. The molecule has 3 N–H and O–H groups in total. The van der Waals surface area contributed by atoms with E-state index in [2.05, 4.69) is 5.73 Å². The van der Waals surface area contributed by atoms with Gasteiger partial charge in [0.05, 0.1) is 18.7 Å². The summed E-state index contributed by atoms with van der Waals surface area (Å²) in [6, 6.07) is 0.652. The number of hydrogen-bond donors (Lipinski definition) is 2. The highest BCUT2D eigenvalue weighted by Gasteiger charge is 2.34. The minimum atomic E-state index is -4.90. The fourth-order valence-corrected chi connectivity index (χ4v) is 2.40. The van der Waals surface area contributed by atoms with Crippen molar-refractivity contribution in [1.29, 1.82) is 0 Å². The van der Waals surface area contributed by atoms with Gasteiger partial charge < -0.3 is 5.73 Å². The van der Waals surface area contributed by atoms with Gasteiger partial charge in [-0.05, 0) is 18.2 Å². The maximum absolute atomic E-state index is 13.4. The van der Waals surface area contributed by atoms with Crippen LogP contribution < -0.4 is 10.5 Å². The van der Waals surface area contributed by atoms with Crippen molar-refractivity contribution in [2.45, 2.75) is 17.0 Å². The Balaban J connectivity index is 0.00000441. The third kappa shape index (κ3) is 5.30. The largest absolute Gasteiger partial charge is 0.416 e. The van der Waals surface area contributed by atoms with E-state index in [1.165, 1.54) is 4.72 Å². The third-order valence-corrected chi connectivity index (χ3v) is 3.78. The van der Waals surface area contributed by atoms with Crippen LogP contribution in [0.2, 0.25) is 0 Å². The Labute approximate surface area is 128 Å². The van der Waals surface area contributed by atoms with E-state index in [9.17, 15) is 34.8 Å². The zero-order chi connectivity index (χ0) is 16.5. The van der Waals surface area contributed by atoms with E-state index in [-0.39, 0.29) is 18.5 Å². The van der Waals surface area contributed by atoms with Gasteiger partial charge in [-0.1, -0.05) is 0 Å². The van der Waals surface area contributed by atoms with Crippen LogP contribution in [0.3, 0.4) is 0 Å². The molecule has 0 aliphatic heterocycles. The summed E-state index contributed by atoms with van der Waals surface area (Å²) in [5.41, 5.74) is 3.26. The second-order valence-electron chi connectivity index (χ2n) is 4.03. The summed E-state index contributed by atoms with van der Waals surface area (Å²) >= 11 is 0. The average molecular weight is 373 g/mol. The van der Waals surface area contributed by atoms with Crippen molar-refractivity contribution in [3.05, 3.63) is 29.6 Å². The van der Waals surface area contributed by atoms with Crippen molar-refractivity contribution in [1.82, 2.24) is 4.72 Å². The number of nitrogens with one attached hydrogen (secondary N) is 1. The first kappa shape index (κ1) is 21.0. The van der Waals surface area contributed by atoms with Crippen molar-refractivity contribution in [2.24, 2.45) is 5.73 Å². The lowest BCUT2D eigenvalue weighted by Gasteiger charge is -2.15. The zero-order valence-electron chi connectivity index (χ0n) is 10.6. The van der Waals surface area contributed by atoms with Gasteiger partial charge in [-0.3, -0.25) is 0 Å². The van der Waals surface area contributed by atoms with E-state index < -0.39 is 51.5 Å². The lowest BCUT2D eigenvalue weighted by molar-refractivity contribution is -0.137. The number of benzene rings is 1. The molecule has 4 nitrogen and oxygen atoms in total. The Kier molecular flexibility index (Phi) is 6.69. The predicted molar refractivity (Wildman–Crippen MR) is 67.8 cm³/mol. The molecule has 1 rings (SSSR count). The highest BCUT2D eigenvalue weighted by Crippen LogP contribution is 2.31. The summed E-state index contributed by atoms with van der Waals surface area (Å²) < 4.78 is 101. The predicted octanol–water partition coefficient (Wildman–Crippen LogP) is 2.14. The summed E-state index contributed by atoms with van der Waals surface area (Å²) in [4.78, 5) is -1.37. The van der Waals surface area contributed by atoms with E-state index in [0.29, 0.717) is 12.1 Å². The number of halogens is 7. The normalized spacial score (nSPS) is 12.9. The molecule has 0 spiro atoms. The molecule has 0 bridgehead atoms. The quantitative estimate of drug-likeness (QED) is 0.778. The molecule has 0 unspecified atom stereocenters. The zero-order valence-corrected chi connectivity index (χ0v) is 12.3. The molecule has 0 amide bonds. The van der Waals surface area contributed by atoms with Gasteiger partial charge in [0, 0.05) is 0 Å². The lowest BCUT2D eigenvalue weighted by Crippen LogP contribution is -2.41. The average Bonchev–Trinajstić information content (AvgIpc) is 2.35. The second kappa shape index (κ2) is 7.02. The first-order valence-corrected chi connectivity index (χ1v) is 6.82. The van der Waals surface area contributed by atoms with Crippen LogP contribution in [-0.2, 0) is 16.2 Å². The minimum Gasteiger partial charge on any atom is -0.325 e. The van der Waals surface area contributed by atoms with E-state index in [1.807, 2.05) is 0 Å². The van der Waals surface area contributed by atoms with Gasteiger partial charge in [0.2, 0.25) is 10.0 Å². The van der Waals surface area contributed by atoms with Gasteiger partial charge in [-0.25, -0.2) is 26.3 Å². The minimum absolute atomic E-state index is 0. The summed E-state index contributed by atoms with van der Waals surface area (Å²) in [6.07, 6.45) is -4.90. The molecule has 1 aromatic carbocycles. The van der Waals surface area contributed by atoms with Crippen LogP contribution in [-0.4, -0.2) is 27.4 Å². The third-order valence-electron chi connectivity index (χ3n) is 2.37. The number of alkyl halides is 5. The number of nitrogens with two attached hydrogens (primary N) is 1. The molecule has 12 heteroatoms. The van der Waals surface area contributed by atoms with Gasteiger partial charge in [-0.15, -0.1) is 12.4 Å². The highest BCUT2D eigenvalue weighted by molar-refractivity contribution is 7.89. The van der Waals surface area contributed by atoms with Crippen LogP contribution in [0.1, 0.15) is 5.56 Å². The van der Waals surface area contributed by atoms with E-state index in [4.69, 9.17) is 0 Å². The topological polar surface area (TPSA) is 72.2 Å². The van der Waals surface area contributed by atoms with Gasteiger partial charge in [0.1, 0.15) is 10.7 Å². The first-order valence-electron chi connectivity index (χ1n) is 5.33. The smallest absolute Gasteiger partial charge is 0.325 e. The molecule has 0 aromatic heterocycles. The monoisotopic (exact) mass is 372 g/mol. The molecular formula is C10H11ClF6N2O2S. The molecule has 0 heterocycles. The first-order chi connectivity index (χ1) is 9.39. The van der Waals surface area contributed by atoms with Crippen molar-refractivity contribution < 1.29 is 34.8 Å². The van der Waals surface area contributed by atoms with Crippen LogP contribution in [0.15, 0.2) is 23.1 Å². The van der Waals surface area contributed by atoms with Crippen molar-refractivity contribution >= 4 is 22.4 Å². The van der Waals surface area contributed by atoms with Crippen LogP contribution in [0.25, 0.3) is 0 Å². The summed E-state index contributed by atoms with van der Waals surface area (Å²) in [5.74, 6) is -5.10. The van der Waals surface area contributed by atoms with Crippen molar-refractivity contribution in [3.8, 4) is 0 Å². The van der Waals surface area contributed by atoms with Crippen LogP contribution in [0.4, 0.5) is 26.3 Å². The van der Waals surface area contributed by atoms with E-state index >= 15 is 0 Å². The molecule has 22 heavy (non-hydrogen) atoms. The number of hydrogen-bond acceptors (Lipinski definition) is 3. The highest BCUT2D eigenvalue weighted by atomic mass is 35.5. The Morgan fingerprint density at radius 1 is 1.14 bits per heavy atom. The van der Waals surface area contributed by atoms with Gasteiger partial charge in [0.25, 0.3) is 5.92 Å². The van der Waals surface area contributed by atoms with Crippen LogP contribution >= 0.6 is 12.4 Å². The van der Waals surface area contributed by atoms with Crippen molar-refractivity contribution in [3.63, 3.8) is 0 Å². The fraction of sp³-hybridized carbons (Fsp3) is 0.400. The standard InChI is InChI=1S/C10H10F6N2O2S.ClH/c11-7-2-1-6(10(14,15)16)3-8(7)21(19,20)18-5-9(12,13)4-17;/h1-3,18H,4-5,17H2;1H. The maximum atomic E-state index is 13.4. The molecule has 128 valence electrons. The molecule has 0 fully saturated rings. The molecule has 0 saturated heterocycles. The van der Waals surface area contributed by atoms with E-state index in [1.54, 1.807) is 0 Å². The molecule has 0 atom stereocenters. The Hall–Kier alpha value is -1.04. The SMILES string of the molecule is Cl.NCC(F)(F)CNS(=O)(=O)c1cc(C(F)(F)F)ccc1F. The van der Waals surface area contributed by atoms with Gasteiger partial charge >= 0.3 is 6.18 Å². The summed E-state index contributed by atoms with van der Waals surface area (Å²) in [5, 5.41) is 0. The van der Waals surface area contributed by atoms with E-state index in [0.717, 1.165) is 0 Å². The number of sulfonamides is 1. The maximum Gasteiger partial charge on any atom is 0.416 e. The van der Waals surface area contributed by atoms with Gasteiger partial charge in [-0.2, -0.15) is 13.2 Å². The Bertz CT molecular complexity index is 620. The van der Waals surface area contributed by atoms with Crippen molar-refractivity contribution in [2.75, 3.05) is 13.1 Å². The molecular weight excluding hydrogens is 362 g/mol. The molecule has 0 saturated carbocycles. The van der Waals surface area contributed by atoms with Crippen LogP contribution in [0.5, 0.6) is 0 Å². The lowest BCUT2D eigenvalue weighted by atomic mass is 10.2.